The van der Waals surface area contributed by atoms with Crippen molar-refractivity contribution in [2.75, 3.05) is 5.32 Å². The van der Waals surface area contributed by atoms with Crippen LogP contribution in [0.3, 0.4) is 0 Å². The molecule has 1 N–H and O–H groups in total. The molecule has 2 aromatic rings. The molecule has 0 unspecified atom stereocenters. The van der Waals surface area contributed by atoms with Crippen LogP contribution in [0.4, 0.5) is 5.82 Å². The molecule has 0 saturated carbocycles. The van der Waals surface area contributed by atoms with E-state index in [2.05, 4.69) is 27.2 Å². The van der Waals surface area contributed by atoms with Crippen molar-refractivity contribution in [1.82, 2.24) is 15.0 Å². The molecule has 0 aliphatic heterocycles. The van der Waals surface area contributed by atoms with Gasteiger partial charge >= 0.3 is 0 Å². The first-order chi connectivity index (χ1) is 8.84. The average molecular weight is 240 g/mol. The van der Waals surface area contributed by atoms with E-state index in [0.29, 0.717) is 0 Å². The third-order valence-corrected chi connectivity index (χ3v) is 3.47. The maximum atomic E-state index is 4.35. The Morgan fingerprint density at radius 3 is 3.11 bits per heavy atom. The molecule has 3 rings (SSSR count). The zero-order valence-corrected chi connectivity index (χ0v) is 10.5. The van der Waals surface area contributed by atoms with Crippen LogP contribution < -0.4 is 5.32 Å². The lowest BCUT2D eigenvalue weighted by Gasteiger charge is -2.10. The number of nitrogens with one attached hydrogen (secondary N) is 1. The van der Waals surface area contributed by atoms with E-state index in [0.717, 1.165) is 25.2 Å². The maximum absolute atomic E-state index is 4.35. The van der Waals surface area contributed by atoms with Crippen LogP contribution >= 0.6 is 0 Å². The first-order valence-corrected chi connectivity index (χ1v) is 6.30. The summed E-state index contributed by atoms with van der Waals surface area (Å²) < 4.78 is 0. The number of anilines is 1. The van der Waals surface area contributed by atoms with Crippen LogP contribution in [0.15, 0.2) is 24.8 Å². The highest BCUT2D eigenvalue weighted by atomic mass is 15.0. The Labute approximate surface area is 107 Å². The maximum Gasteiger partial charge on any atom is 0.133 e. The quantitative estimate of drug-likeness (QED) is 0.894. The van der Waals surface area contributed by atoms with E-state index < -0.39 is 0 Å². The van der Waals surface area contributed by atoms with Gasteiger partial charge in [-0.25, -0.2) is 9.97 Å². The third-order valence-electron chi connectivity index (χ3n) is 3.47. The van der Waals surface area contributed by atoms with Crippen LogP contribution in [0.5, 0.6) is 0 Å². The third kappa shape index (κ3) is 2.06. The Morgan fingerprint density at radius 1 is 1.28 bits per heavy atom. The molecule has 0 amide bonds. The number of aryl methyl sites for hydroxylation is 2. The second kappa shape index (κ2) is 4.72. The topological polar surface area (TPSA) is 50.7 Å². The van der Waals surface area contributed by atoms with Gasteiger partial charge in [0.15, 0.2) is 0 Å². The molecular formula is C14H16N4. The van der Waals surface area contributed by atoms with E-state index >= 15 is 0 Å². The fourth-order valence-corrected chi connectivity index (χ4v) is 2.37. The van der Waals surface area contributed by atoms with Gasteiger partial charge in [-0.05, 0) is 43.4 Å². The molecule has 0 radical (unpaired) electrons. The summed E-state index contributed by atoms with van der Waals surface area (Å²) in [4.78, 5) is 12.8. The zero-order valence-electron chi connectivity index (χ0n) is 10.5. The molecule has 4 nitrogen and oxygen atoms in total. The van der Waals surface area contributed by atoms with Gasteiger partial charge < -0.3 is 5.32 Å². The number of nitrogens with zero attached hydrogens (tertiary/aromatic N) is 3. The van der Waals surface area contributed by atoms with E-state index in [-0.39, 0.29) is 0 Å². The van der Waals surface area contributed by atoms with Gasteiger partial charge in [0.2, 0.25) is 0 Å². The summed E-state index contributed by atoms with van der Waals surface area (Å²) in [5.74, 6) is 0.987. The standard InChI is InChI=1S/C14H16N4/c1-10-5-6-15-7-11(10)8-16-14-12-3-2-4-13(12)17-9-18-14/h5-7,9H,2-4,8H2,1H3,(H,16,17,18). The molecule has 1 aliphatic carbocycles. The number of aromatic nitrogens is 3. The number of pyridine rings is 1. The molecule has 18 heavy (non-hydrogen) atoms. The first kappa shape index (κ1) is 11.1. The highest BCUT2D eigenvalue weighted by Crippen LogP contribution is 2.25. The van der Waals surface area contributed by atoms with Gasteiger partial charge in [-0.3, -0.25) is 4.98 Å². The smallest absolute Gasteiger partial charge is 0.133 e. The Hall–Kier alpha value is -1.97. The molecule has 0 aromatic carbocycles. The summed E-state index contributed by atoms with van der Waals surface area (Å²) in [6, 6.07) is 2.03. The molecule has 0 saturated heterocycles. The molecule has 0 atom stereocenters. The molecule has 0 fully saturated rings. The van der Waals surface area contributed by atoms with Crippen LogP contribution in [0.25, 0.3) is 0 Å². The normalized spacial score (nSPS) is 13.4. The first-order valence-electron chi connectivity index (χ1n) is 6.30. The minimum Gasteiger partial charge on any atom is -0.366 e. The van der Waals surface area contributed by atoms with Crippen molar-refractivity contribution in [1.29, 1.82) is 0 Å². The highest BCUT2D eigenvalue weighted by Gasteiger charge is 2.16. The van der Waals surface area contributed by atoms with Crippen LogP contribution in [-0.4, -0.2) is 15.0 Å². The number of hydrogen-bond acceptors (Lipinski definition) is 4. The van der Waals surface area contributed by atoms with Crippen molar-refractivity contribution < 1.29 is 0 Å². The lowest BCUT2D eigenvalue weighted by Crippen LogP contribution is -2.06. The van der Waals surface area contributed by atoms with E-state index in [1.165, 1.54) is 28.8 Å². The van der Waals surface area contributed by atoms with Crippen LogP contribution in [0.2, 0.25) is 0 Å². The fraction of sp³-hybridized carbons (Fsp3) is 0.357. The zero-order chi connectivity index (χ0) is 12.4. The van der Waals surface area contributed by atoms with Gasteiger partial charge in [-0.15, -0.1) is 0 Å². The van der Waals surface area contributed by atoms with Crippen molar-refractivity contribution in [3.63, 3.8) is 0 Å². The van der Waals surface area contributed by atoms with Gasteiger partial charge in [0.1, 0.15) is 12.1 Å². The van der Waals surface area contributed by atoms with Crippen molar-refractivity contribution in [3.05, 3.63) is 47.2 Å². The summed E-state index contributed by atoms with van der Waals surface area (Å²) in [5, 5.41) is 3.41. The Bertz CT molecular complexity index is 565. The van der Waals surface area contributed by atoms with Crippen molar-refractivity contribution in [2.45, 2.75) is 32.7 Å². The minimum absolute atomic E-state index is 0.767. The van der Waals surface area contributed by atoms with Crippen LogP contribution in [0.1, 0.15) is 28.8 Å². The molecule has 0 bridgehead atoms. The Balaban J connectivity index is 1.78. The van der Waals surface area contributed by atoms with Crippen molar-refractivity contribution in [3.8, 4) is 0 Å². The average Bonchev–Trinajstić information content (AvgIpc) is 2.86. The summed E-state index contributed by atoms with van der Waals surface area (Å²) in [6.45, 7) is 2.87. The van der Waals surface area contributed by atoms with E-state index in [1.54, 1.807) is 6.33 Å². The van der Waals surface area contributed by atoms with E-state index in [4.69, 9.17) is 0 Å². The summed E-state index contributed by atoms with van der Waals surface area (Å²) in [5.41, 5.74) is 4.96. The van der Waals surface area contributed by atoms with Gasteiger partial charge in [0.25, 0.3) is 0 Å². The van der Waals surface area contributed by atoms with Crippen molar-refractivity contribution in [2.24, 2.45) is 0 Å². The summed E-state index contributed by atoms with van der Waals surface area (Å²) in [6.07, 6.45) is 8.74. The number of hydrogen-bond donors (Lipinski definition) is 1. The van der Waals surface area contributed by atoms with E-state index in [1.807, 2.05) is 18.5 Å². The summed E-state index contributed by atoms with van der Waals surface area (Å²) in [7, 11) is 0. The highest BCUT2D eigenvalue weighted by molar-refractivity contribution is 5.48. The molecule has 1 aliphatic rings. The van der Waals surface area contributed by atoms with Gasteiger partial charge in [-0.1, -0.05) is 0 Å². The predicted octanol–water partition coefficient (Wildman–Crippen LogP) is 2.28. The van der Waals surface area contributed by atoms with Crippen LogP contribution in [-0.2, 0) is 19.4 Å². The molecule has 2 heterocycles. The minimum atomic E-state index is 0.767. The Kier molecular flexibility index (Phi) is 2.92. The lowest BCUT2D eigenvalue weighted by atomic mass is 10.1. The number of fused-ring (bicyclic) bond motifs is 1. The molecule has 92 valence electrons. The summed E-state index contributed by atoms with van der Waals surface area (Å²) >= 11 is 0. The molecule has 0 spiro atoms. The fourth-order valence-electron chi connectivity index (χ4n) is 2.37. The molecule has 4 heteroatoms. The molecule has 2 aromatic heterocycles. The van der Waals surface area contributed by atoms with Crippen LogP contribution in [0, 0.1) is 6.92 Å². The van der Waals surface area contributed by atoms with E-state index in [9.17, 15) is 0 Å². The Morgan fingerprint density at radius 2 is 2.22 bits per heavy atom. The lowest BCUT2D eigenvalue weighted by molar-refractivity contribution is 0.899. The second-order valence-corrected chi connectivity index (χ2v) is 4.66. The van der Waals surface area contributed by atoms with Gasteiger partial charge in [-0.2, -0.15) is 0 Å². The van der Waals surface area contributed by atoms with Crippen molar-refractivity contribution >= 4 is 5.82 Å². The predicted molar refractivity (Wildman–Crippen MR) is 70.4 cm³/mol. The molecular weight excluding hydrogens is 224 g/mol. The number of rotatable bonds is 3. The largest absolute Gasteiger partial charge is 0.366 e. The SMILES string of the molecule is Cc1ccncc1CNc1ncnc2c1CCC2. The van der Waals surface area contributed by atoms with Gasteiger partial charge in [0, 0.05) is 30.2 Å². The van der Waals surface area contributed by atoms with Gasteiger partial charge in [0.05, 0.1) is 0 Å². The second-order valence-electron chi connectivity index (χ2n) is 4.66. The monoisotopic (exact) mass is 240 g/mol.